The minimum atomic E-state index is -4.35. The van der Waals surface area contributed by atoms with Crippen LogP contribution >= 0.6 is 0 Å². The van der Waals surface area contributed by atoms with Crippen LogP contribution in [0.25, 0.3) is 0 Å². The number of aromatic nitrogens is 6. The van der Waals surface area contributed by atoms with Crippen molar-refractivity contribution >= 4 is 0 Å². The molecule has 0 N–H and O–H groups in total. The third kappa shape index (κ3) is 4.52. The van der Waals surface area contributed by atoms with Gasteiger partial charge in [0.25, 0.3) is 0 Å². The molecule has 0 aliphatic rings. The van der Waals surface area contributed by atoms with Crippen LogP contribution in [0.5, 0.6) is 0 Å². The summed E-state index contributed by atoms with van der Waals surface area (Å²) in [6.45, 7) is 1.34. The predicted octanol–water partition coefficient (Wildman–Crippen LogP) is 1.42. The van der Waals surface area contributed by atoms with E-state index in [1.165, 1.54) is 19.8 Å². The average molecular weight is 318 g/mol. The highest BCUT2D eigenvalue weighted by molar-refractivity contribution is 5.00. The lowest BCUT2D eigenvalue weighted by molar-refractivity contribution is -0.143. The van der Waals surface area contributed by atoms with Crippen LogP contribution in [0.1, 0.15) is 24.5 Å². The second kappa shape index (κ2) is 6.86. The Labute approximate surface area is 125 Å². The summed E-state index contributed by atoms with van der Waals surface area (Å²) in [6, 6.07) is 0. The highest BCUT2D eigenvalue weighted by atomic mass is 19.4. The fraction of sp³-hybridized carbons (Fsp3) is 0.667. The Balaban J connectivity index is 2.20. The molecular weight excluding hydrogens is 301 g/mol. The molecule has 2 aromatic heterocycles. The van der Waals surface area contributed by atoms with Gasteiger partial charge in [0, 0.05) is 19.4 Å². The van der Waals surface area contributed by atoms with Crippen LogP contribution in [0.4, 0.5) is 13.2 Å². The molecule has 0 fully saturated rings. The molecule has 0 amide bonds. The molecule has 2 heterocycles. The van der Waals surface area contributed by atoms with E-state index in [0.717, 1.165) is 4.68 Å². The molecular formula is C12H17F3N6O. The third-order valence-electron chi connectivity index (χ3n) is 2.97. The van der Waals surface area contributed by atoms with Gasteiger partial charge in [-0.25, -0.2) is 14.6 Å². The summed E-state index contributed by atoms with van der Waals surface area (Å²) in [5.41, 5.74) is 0. The van der Waals surface area contributed by atoms with Gasteiger partial charge in [-0.2, -0.15) is 23.4 Å². The SMILES string of the molecule is COCCc1nc(C(C)Cn2cncn2)n(CC(F)(F)F)n1. The quantitative estimate of drug-likeness (QED) is 0.772. The van der Waals surface area contributed by atoms with E-state index < -0.39 is 12.7 Å². The Morgan fingerprint density at radius 1 is 1.36 bits per heavy atom. The van der Waals surface area contributed by atoms with Crippen molar-refractivity contribution in [3.05, 3.63) is 24.3 Å². The number of halogens is 3. The molecule has 22 heavy (non-hydrogen) atoms. The summed E-state index contributed by atoms with van der Waals surface area (Å²) in [5, 5.41) is 7.89. The summed E-state index contributed by atoms with van der Waals surface area (Å²) in [6.07, 6.45) is -1.11. The topological polar surface area (TPSA) is 70.7 Å². The molecule has 122 valence electrons. The molecule has 7 nitrogen and oxygen atoms in total. The summed E-state index contributed by atoms with van der Waals surface area (Å²) in [4.78, 5) is 8.03. The van der Waals surface area contributed by atoms with E-state index in [2.05, 4.69) is 20.2 Å². The second-order valence-electron chi connectivity index (χ2n) is 4.92. The number of nitrogens with zero attached hydrogens (tertiary/aromatic N) is 6. The summed E-state index contributed by atoms with van der Waals surface area (Å²) in [5.74, 6) is 0.332. The number of alkyl halides is 3. The highest BCUT2D eigenvalue weighted by Gasteiger charge is 2.31. The van der Waals surface area contributed by atoms with E-state index in [4.69, 9.17) is 4.74 Å². The van der Waals surface area contributed by atoms with Gasteiger partial charge in [-0.3, -0.25) is 4.68 Å². The molecule has 0 bridgehead atoms. The van der Waals surface area contributed by atoms with Crippen molar-refractivity contribution in [1.82, 2.24) is 29.5 Å². The van der Waals surface area contributed by atoms with E-state index >= 15 is 0 Å². The highest BCUT2D eigenvalue weighted by Crippen LogP contribution is 2.22. The van der Waals surface area contributed by atoms with Crippen molar-refractivity contribution in [1.29, 1.82) is 0 Å². The molecule has 2 aromatic rings. The predicted molar refractivity (Wildman–Crippen MR) is 70.1 cm³/mol. The van der Waals surface area contributed by atoms with Gasteiger partial charge in [-0.15, -0.1) is 0 Å². The number of hydrogen-bond acceptors (Lipinski definition) is 5. The number of hydrogen-bond donors (Lipinski definition) is 0. The minimum absolute atomic E-state index is 0.277. The molecule has 0 saturated heterocycles. The molecule has 0 aromatic carbocycles. The summed E-state index contributed by atoms with van der Waals surface area (Å²) in [7, 11) is 1.51. The van der Waals surface area contributed by atoms with Crippen LogP contribution in [-0.2, 0) is 24.2 Å². The Hall–Kier alpha value is -1.97. The molecule has 1 atom stereocenters. The molecule has 0 saturated carbocycles. The number of ether oxygens (including phenoxy) is 1. The van der Waals surface area contributed by atoms with Crippen LogP contribution in [-0.4, -0.2) is 49.4 Å². The Morgan fingerprint density at radius 3 is 2.73 bits per heavy atom. The van der Waals surface area contributed by atoms with Crippen LogP contribution < -0.4 is 0 Å². The van der Waals surface area contributed by atoms with E-state index in [9.17, 15) is 13.2 Å². The van der Waals surface area contributed by atoms with E-state index in [-0.39, 0.29) is 11.7 Å². The molecule has 2 rings (SSSR count). The van der Waals surface area contributed by atoms with Crippen molar-refractivity contribution < 1.29 is 17.9 Å². The number of rotatable bonds is 7. The fourth-order valence-corrected chi connectivity index (χ4v) is 2.04. The van der Waals surface area contributed by atoms with Crippen molar-refractivity contribution in [3.63, 3.8) is 0 Å². The third-order valence-corrected chi connectivity index (χ3v) is 2.97. The van der Waals surface area contributed by atoms with Crippen LogP contribution in [0.3, 0.4) is 0 Å². The molecule has 0 spiro atoms. The van der Waals surface area contributed by atoms with Gasteiger partial charge >= 0.3 is 6.18 Å². The lowest BCUT2D eigenvalue weighted by Crippen LogP contribution is -2.22. The standard InChI is InChI=1S/C12H17F3N6O/c1-9(5-20-8-16-7-17-20)11-18-10(3-4-22-2)19-21(11)6-12(13,14)15/h7-9H,3-6H2,1-2H3. The van der Waals surface area contributed by atoms with Crippen molar-refractivity contribution in [2.45, 2.75) is 38.5 Å². The van der Waals surface area contributed by atoms with Gasteiger partial charge in [0.1, 0.15) is 25.0 Å². The first-order valence-electron chi connectivity index (χ1n) is 6.70. The summed E-state index contributed by atoms with van der Waals surface area (Å²) < 4.78 is 45.4. The van der Waals surface area contributed by atoms with E-state index in [0.29, 0.717) is 25.4 Å². The van der Waals surface area contributed by atoms with Crippen molar-refractivity contribution in [3.8, 4) is 0 Å². The zero-order valence-corrected chi connectivity index (χ0v) is 12.3. The van der Waals surface area contributed by atoms with Gasteiger partial charge in [-0.1, -0.05) is 6.92 Å². The smallest absolute Gasteiger partial charge is 0.384 e. The van der Waals surface area contributed by atoms with Crippen molar-refractivity contribution in [2.75, 3.05) is 13.7 Å². The van der Waals surface area contributed by atoms with E-state index in [1.54, 1.807) is 11.6 Å². The molecule has 0 aliphatic heterocycles. The van der Waals surface area contributed by atoms with Gasteiger partial charge in [0.15, 0.2) is 5.82 Å². The first kappa shape index (κ1) is 16.4. The lowest BCUT2D eigenvalue weighted by Gasteiger charge is -2.13. The van der Waals surface area contributed by atoms with Gasteiger partial charge in [-0.05, 0) is 0 Å². The molecule has 0 radical (unpaired) electrons. The fourth-order valence-electron chi connectivity index (χ4n) is 2.04. The van der Waals surface area contributed by atoms with Gasteiger partial charge < -0.3 is 4.74 Å². The zero-order chi connectivity index (χ0) is 16.2. The Kier molecular flexibility index (Phi) is 5.11. The van der Waals surface area contributed by atoms with Crippen LogP contribution in [0.2, 0.25) is 0 Å². The van der Waals surface area contributed by atoms with Crippen LogP contribution in [0, 0.1) is 0 Å². The normalized spacial score (nSPS) is 13.5. The minimum Gasteiger partial charge on any atom is -0.384 e. The maximum atomic E-state index is 12.7. The molecule has 1 unspecified atom stereocenters. The first-order chi connectivity index (χ1) is 10.4. The molecule has 0 aliphatic carbocycles. The van der Waals surface area contributed by atoms with Gasteiger partial charge in [0.2, 0.25) is 0 Å². The first-order valence-corrected chi connectivity index (χ1v) is 6.70. The second-order valence-corrected chi connectivity index (χ2v) is 4.92. The molecule has 10 heteroatoms. The maximum Gasteiger partial charge on any atom is 0.408 e. The lowest BCUT2D eigenvalue weighted by atomic mass is 10.1. The van der Waals surface area contributed by atoms with E-state index in [1.807, 2.05) is 0 Å². The van der Waals surface area contributed by atoms with Gasteiger partial charge in [0.05, 0.1) is 13.2 Å². The largest absolute Gasteiger partial charge is 0.408 e. The monoisotopic (exact) mass is 318 g/mol. The van der Waals surface area contributed by atoms with Crippen molar-refractivity contribution in [2.24, 2.45) is 0 Å². The zero-order valence-electron chi connectivity index (χ0n) is 12.3. The number of methoxy groups -OCH3 is 1. The summed E-state index contributed by atoms with van der Waals surface area (Å²) >= 11 is 0. The Bertz CT molecular complexity index is 580. The maximum absolute atomic E-state index is 12.7. The average Bonchev–Trinajstić information content (AvgIpc) is 3.04. The van der Waals surface area contributed by atoms with Crippen LogP contribution in [0.15, 0.2) is 12.7 Å². The Morgan fingerprint density at radius 2 is 2.14 bits per heavy atom.